The summed E-state index contributed by atoms with van der Waals surface area (Å²) in [5.41, 5.74) is 0.929. The van der Waals surface area contributed by atoms with E-state index < -0.39 is 11.5 Å². The fourth-order valence-electron chi connectivity index (χ4n) is 4.01. The van der Waals surface area contributed by atoms with Crippen LogP contribution in [0.5, 0.6) is 0 Å². The molecular weight excluding hydrogens is 384 g/mol. The van der Waals surface area contributed by atoms with Crippen LogP contribution in [0, 0.1) is 5.92 Å². The summed E-state index contributed by atoms with van der Waals surface area (Å²) in [6.07, 6.45) is 8.94. The van der Waals surface area contributed by atoms with Gasteiger partial charge in [0.25, 0.3) is 5.56 Å². The number of carbonyl (C=O) groups is 2. The highest BCUT2D eigenvalue weighted by Gasteiger charge is 2.17. The Hall–Kier alpha value is -3.29. The van der Waals surface area contributed by atoms with Gasteiger partial charge in [-0.1, -0.05) is 25.7 Å². The zero-order valence-electron chi connectivity index (χ0n) is 16.9. The Morgan fingerprint density at radius 2 is 2.03 bits per heavy atom. The lowest BCUT2D eigenvalue weighted by molar-refractivity contribution is -0.116. The fourth-order valence-corrected chi connectivity index (χ4v) is 4.01. The Balaban J connectivity index is 1.61. The molecule has 0 atom stereocenters. The number of anilines is 1. The lowest BCUT2D eigenvalue weighted by Crippen LogP contribution is -2.24. The largest absolute Gasteiger partial charge is 0.462 e. The number of hydrogen-bond acceptors (Lipinski definition) is 6. The maximum Gasteiger partial charge on any atom is 0.345 e. The number of amides is 1. The van der Waals surface area contributed by atoms with E-state index in [1.165, 1.54) is 42.6 Å². The van der Waals surface area contributed by atoms with E-state index in [1.807, 2.05) is 0 Å². The van der Waals surface area contributed by atoms with Crippen molar-refractivity contribution >= 4 is 34.1 Å². The van der Waals surface area contributed by atoms with Gasteiger partial charge in [-0.15, -0.1) is 0 Å². The van der Waals surface area contributed by atoms with Gasteiger partial charge in [-0.2, -0.15) is 0 Å². The van der Waals surface area contributed by atoms with E-state index in [0.29, 0.717) is 34.6 Å². The van der Waals surface area contributed by atoms with Crippen molar-refractivity contribution in [3.05, 3.63) is 46.6 Å². The molecule has 1 aliphatic rings. The molecule has 1 amide bonds. The molecule has 4 rings (SSSR count). The van der Waals surface area contributed by atoms with Gasteiger partial charge in [0.2, 0.25) is 5.91 Å². The lowest BCUT2D eigenvalue weighted by Gasteiger charge is -2.10. The number of ether oxygens (including phenoxy) is 1. The number of benzene rings is 1. The van der Waals surface area contributed by atoms with Crippen LogP contribution in [-0.4, -0.2) is 32.9 Å². The highest BCUT2D eigenvalue weighted by molar-refractivity contribution is 5.98. The summed E-state index contributed by atoms with van der Waals surface area (Å²) >= 11 is 0. The molecule has 0 spiro atoms. The van der Waals surface area contributed by atoms with Crippen LogP contribution in [-0.2, 0) is 9.53 Å². The van der Waals surface area contributed by atoms with Crippen molar-refractivity contribution in [2.45, 2.75) is 45.4 Å². The summed E-state index contributed by atoms with van der Waals surface area (Å²) in [6, 6.07) is 5.30. The highest BCUT2D eigenvalue weighted by atomic mass is 16.5. The third-order valence-electron chi connectivity index (χ3n) is 5.58. The molecule has 0 aliphatic heterocycles. The van der Waals surface area contributed by atoms with Gasteiger partial charge in [-0.05, 0) is 37.5 Å². The molecule has 156 valence electrons. The van der Waals surface area contributed by atoms with E-state index in [-0.39, 0.29) is 18.1 Å². The molecule has 1 aromatic carbocycles. The first-order valence-electron chi connectivity index (χ1n) is 10.3. The molecule has 30 heavy (non-hydrogen) atoms. The van der Waals surface area contributed by atoms with Gasteiger partial charge in [0.05, 0.1) is 12.1 Å². The fraction of sp³-hybridized carbons (Fsp3) is 0.409. The second kappa shape index (κ2) is 8.61. The van der Waals surface area contributed by atoms with E-state index in [2.05, 4.69) is 15.3 Å². The maximum atomic E-state index is 12.7. The zero-order valence-corrected chi connectivity index (χ0v) is 16.9. The molecule has 1 aliphatic carbocycles. The van der Waals surface area contributed by atoms with E-state index in [4.69, 9.17) is 4.74 Å². The van der Waals surface area contributed by atoms with Gasteiger partial charge in [-0.3, -0.25) is 9.59 Å². The normalized spacial score (nSPS) is 14.3. The number of rotatable bonds is 6. The number of aromatic nitrogens is 3. The van der Waals surface area contributed by atoms with Gasteiger partial charge in [0.15, 0.2) is 0 Å². The van der Waals surface area contributed by atoms with Crippen LogP contribution in [0.4, 0.5) is 5.69 Å². The summed E-state index contributed by atoms with van der Waals surface area (Å²) in [4.78, 5) is 45.6. The number of fused-ring (bicyclic) bond motifs is 3. The molecule has 3 aromatic rings. The quantitative estimate of drug-likeness (QED) is 0.496. The van der Waals surface area contributed by atoms with Crippen molar-refractivity contribution in [2.24, 2.45) is 5.92 Å². The summed E-state index contributed by atoms with van der Waals surface area (Å²) in [7, 11) is 0. The van der Waals surface area contributed by atoms with Crippen molar-refractivity contribution in [3.8, 4) is 0 Å². The third-order valence-corrected chi connectivity index (χ3v) is 5.58. The summed E-state index contributed by atoms with van der Waals surface area (Å²) in [6.45, 7) is 1.84. The number of carbonyl (C=O) groups excluding carboxylic acids is 2. The van der Waals surface area contributed by atoms with E-state index in [0.717, 1.165) is 6.42 Å². The van der Waals surface area contributed by atoms with E-state index in [9.17, 15) is 14.4 Å². The minimum absolute atomic E-state index is 0.0239. The monoisotopic (exact) mass is 408 g/mol. The van der Waals surface area contributed by atoms with Gasteiger partial charge in [0, 0.05) is 23.7 Å². The first kappa shape index (κ1) is 20.0. The molecular formula is C22H24N4O4. The minimum atomic E-state index is -0.715. The Morgan fingerprint density at radius 1 is 1.23 bits per heavy atom. The van der Waals surface area contributed by atoms with Crippen LogP contribution in [0.15, 0.2) is 35.5 Å². The van der Waals surface area contributed by atoms with E-state index >= 15 is 0 Å². The second-order valence-electron chi connectivity index (χ2n) is 7.60. The van der Waals surface area contributed by atoms with Crippen LogP contribution < -0.4 is 10.9 Å². The molecule has 1 saturated carbocycles. The summed E-state index contributed by atoms with van der Waals surface area (Å²) in [5.74, 6) is -0.0814. The van der Waals surface area contributed by atoms with Crippen molar-refractivity contribution in [1.82, 2.24) is 14.4 Å². The predicted octanol–water partition coefficient (Wildman–Crippen LogP) is 3.33. The van der Waals surface area contributed by atoms with E-state index in [1.54, 1.807) is 25.1 Å². The number of hydrogen-bond donors (Lipinski definition) is 1. The molecule has 2 heterocycles. The molecule has 1 fully saturated rings. The van der Waals surface area contributed by atoms with Gasteiger partial charge in [-0.25, -0.2) is 19.2 Å². The number of nitrogens with one attached hydrogen (secondary N) is 1. The Labute approximate surface area is 173 Å². The van der Waals surface area contributed by atoms with Gasteiger partial charge in [0.1, 0.15) is 17.5 Å². The molecule has 2 aromatic heterocycles. The van der Waals surface area contributed by atoms with Crippen molar-refractivity contribution in [1.29, 1.82) is 0 Å². The second-order valence-corrected chi connectivity index (χ2v) is 7.60. The lowest BCUT2D eigenvalue weighted by atomic mass is 10.0. The van der Waals surface area contributed by atoms with Crippen molar-refractivity contribution in [3.63, 3.8) is 0 Å². The Morgan fingerprint density at radius 3 is 2.80 bits per heavy atom. The van der Waals surface area contributed by atoms with Crippen LogP contribution in [0.3, 0.4) is 0 Å². The predicted molar refractivity (Wildman–Crippen MR) is 113 cm³/mol. The molecule has 8 heteroatoms. The zero-order chi connectivity index (χ0) is 21.1. The van der Waals surface area contributed by atoms with Crippen molar-refractivity contribution in [2.75, 3.05) is 11.9 Å². The number of nitrogens with zero attached hydrogens (tertiary/aromatic N) is 3. The van der Waals surface area contributed by atoms with Crippen LogP contribution >= 0.6 is 0 Å². The highest BCUT2D eigenvalue weighted by Crippen LogP contribution is 2.28. The minimum Gasteiger partial charge on any atom is -0.462 e. The first-order valence-corrected chi connectivity index (χ1v) is 10.3. The first-order chi connectivity index (χ1) is 14.6. The SMILES string of the molecule is CCOC(=O)c1cnc2c3cc(NC(=O)CCC4CCCC4)ccc3ncn2c1=O. The Bertz CT molecular complexity index is 1160. The van der Waals surface area contributed by atoms with Crippen LogP contribution in [0.2, 0.25) is 0 Å². The van der Waals surface area contributed by atoms with Crippen LogP contribution in [0.1, 0.15) is 55.8 Å². The molecule has 0 radical (unpaired) electrons. The average molecular weight is 408 g/mol. The topological polar surface area (TPSA) is 103 Å². The van der Waals surface area contributed by atoms with Gasteiger partial charge >= 0.3 is 5.97 Å². The average Bonchev–Trinajstić information content (AvgIpc) is 3.26. The molecule has 0 unspecified atom stereocenters. The third kappa shape index (κ3) is 4.03. The smallest absolute Gasteiger partial charge is 0.345 e. The van der Waals surface area contributed by atoms with Crippen LogP contribution in [0.25, 0.3) is 16.6 Å². The summed E-state index contributed by atoms with van der Waals surface area (Å²) in [5, 5.41) is 3.54. The molecule has 8 nitrogen and oxygen atoms in total. The Kier molecular flexibility index (Phi) is 5.74. The standard InChI is InChI=1S/C22H24N4O4/c1-2-30-22(29)17-12-23-20-16-11-15(8-9-18(16)24-13-26(20)21(17)28)25-19(27)10-7-14-5-3-4-6-14/h8-9,11-14H,2-7,10H2,1H3,(H,25,27). The molecule has 1 N–H and O–H groups in total. The maximum absolute atomic E-state index is 12.7. The summed E-state index contributed by atoms with van der Waals surface area (Å²) < 4.78 is 6.13. The van der Waals surface area contributed by atoms with Crippen molar-refractivity contribution < 1.29 is 14.3 Å². The number of esters is 1. The molecule has 0 saturated heterocycles. The van der Waals surface area contributed by atoms with Gasteiger partial charge < -0.3 is 10.1 Å². The molecule has 0 bridgehead atoms.